The van der Waals surface area contributed by atoms with E-state index in [4.69, 9.17) is 4.74 Å². The lowest BCUT2D eigenvalue weighted by Gasteiger charge is -2.11. The molecule has 0 amide bonds. The van der Waals surface area contributed by atoms with Gasteiger partial charge in [0, 0.05) is 30.4 Å². The molecule has 5 nitrogen and oxygen atoms in total. The van der Waals surface area contributed by atoms with Gasteiger partial charge in [0.15, 0.2) is 0 Å². The van der Waals surface area contributed by atoms with Gasteiger partial charge in [-0.2, -0.15) is 4.98 Å². The molecular weight excluding hydrogens is 331 g/mol. The summed E-state index contributed by atoms with van der Waals surface area (Å²) in [7, 11) is 1.64. The summed E-state index contributed by atoms with van der Waals surface area (Å²) in [5.41, 5.74) is 2.52. The Kier molecular flexibility index (Phi) is 5.63. The van der Waals surface area contributed by atoms with Gasteiger partial charge in [-0.3, -0.25) is 0 Å². The number of nitrogens with zero attached hydrogens (tertiary/aromatic N) is 2. The van der Waals surface area contributed by atoms with Crippen LogP contribution in [0, 0.1) is 12.7 Å². The van der Waals surface area contributed by atoms with E-state index in [1.165, 1.54) is 6.07 Å². The van der Waals surface area contributed by atoms with Crippen molar-refractivity contribution in [3.05, 3.63) is 77.2 Å². The summed E-state index contributed by atoms with van der Waals surface area (Å²) >= 11 is 0. The fourth-order valence-electron chi connectivity index (χ4n) is 2.49. The van der Waals surface area contributed by atoms with E-state index in [1.54, 1.807) is 19.2 Å². The Morgan fingerprint density at radius 2 is 1.73 bits per heavy atom. The molecule has 0 saturated carbocycles. The molecular formula is C20H21FN4O. The standard InChI is InChI=1S/C20H21FN4O/c1-14-11-19(22-13-16-5-3-4-6-18(16)21)25-20(24-14)23-12-15-7-9-17(26-2)10-8-15/h3-11H,12-13H2,1-2H3,(H2,22,23,24,25). The highest BCUT2D eigenvalue weighted by Crippen LogP contribution is 2.15. The number of benzene rings is 2. The van der Waals surface area contributed by atoms with E-state index in [1.807, 2.05) is 43.3 Å². The normalized spacial score (nSPS) is 10.4. The first-order valence-corrected chi connectivity index (χ1v) is 8.34. The van der Waals surface area contributed by atoms with Crippen LogP contribution >= 0.6 is 0 Å². The van der Waals surface area contributed by atoms with E-state index in [9.17, 15) is 4.39 Å². The summed E-state index contributed by atoms with van der Waals surface area (Å²) in [5, 5.41) is 6.36. The number of hydrogen-bond acceptors (Lipinski definition) is 5. The van der Waals surface area contributed by atoms with Crippen LogP contribution in [0.25, 0.3) is 0 Å². The monoisotopic (exact) mass is 352 g/mol. The second-order valence-corrected chi connectivity index (χ2v) is 5.86. The zero-order valence-electron chi connectivity index (χ0n) is 14.8. The lowest BCUT2D eigenvalue weighted by atomic mass is 10.2. The van der Waals surface area contributed by atoms with Crippen molar-refractivity contribution in [1.82, 2.24) is 9.97 Å². The second-order valence-electron chi connectivity index (χ2n) is 5.86. The van der Waals surface area contributed by atoms with Crippen LogP contribution in [-0.2, 0) is 13.1 Å². The predicted molar refractivity (Wildman–Crippen MR) is 101 cm³/mol. The van der Waals surface area contributed by atoms with Gasteiger partial charge >= 0.3 is 0 Å². The third-order valence-electron chi connectivity index (χ3n) is 3.88. The van der Waals surface area contributed by atoms with E-state index < -0.39 is 0 Å². The molecule has 0 aliphatic carbocycles. The van der Waals surface area contributed by atoms with Crippen LogP contribution in [0.3, 0.4) is 0 Å². The van der Waals surface area contributed by atoms with Gasteiger partial charge in [0.25, 0.3) is 0 Å². The molecule has 2 aromatic carbocycles. The molecule has 0 atom stereocenters. The average Bonchev–Trinajstić information content (AvgIpc) is 2.66. The van der Waals surface area contributed by atoms with Crippen molar-refractivity contribution in [3.63, 3.8) is 0 Å². The van der Waals surface area contributed by atoms with Crippen molar-refractivity contribution in [2.45, 2.75) is 20.0 Å². The Balaban J connectivity index is 1.64. The molecule has 3 rings (SSSR count). The van der Waals surface area contributed by atoms with Crippen LogP contribution in [0.1, 0.15) is 16.8 Å². The molecule has 1 heterocycles. The van der Waals surface area contributed by atoms with E-state index in [2.05, 4.69) is 20.6 Å². The number of aryl methyl sites for hydroxylation is 1. The molecule has 6 heteroatoms. The first kappa shape index (κ1) is 17.7. The summed E-state index contributed by atoms with van der Waals surface area (Å²) in [4.78, 5) is 8.84. The molecule has 0 saturated heterocycles. The molecule has 0 aliphatic heterocycles. The van der Waals surface area contributed by atoms with Crippen molar-refractivity contribution >= 4 is 11.8 Å². The van der Waals surface area contributed by atoms with Gasteiger partial charge in [-0.15, -0.1) is 0 Å². The third kappa shape index (κ3) is 4.69. The van der Waals surface area contributed by atoms with Crippen LogP contribution in [0.4, 0.5) is 16.2 Å². The van der Waals surface area contributed by atoms with Crippen molar-refractivity contribution in [2.75, 3.05) is 17.7 Å². The van der Waals surface area contributed by atoms with Crippen molar-refractivity contribution in [1.29, 1.82) is 0 Å². The van der Waals surface area contributed by atoms with Crippen LogP contribution in [0.15, 0.2) is 54.6 Å². The number of aromatic nitrogens is 2. The maximum atomic E-state index is 13.7. The first-order chi connectivity index (χ1) is 12.6. The molecule has 2 N–H and O–H groups in total. The molecule has 0 spiro atoms. The molecule has 1 aromatic heterocycles. The zero-order chi connectivity index (χ0) is 18.4. The van der Waals surface area contributed by atoms with Gasteiger partial charge in [0.1, 0.15) is 17.4 Å². The highest BCUT2D eigenvalue weighted by molar-refractivity contribution is 5.43. The van der Waals surface area contributed by atoms with Gasteiger partial charge < -0.3 is 15.4 Å². The summed E-state index contributed by atoms with van der Waals surface area (Å²) in [6.45, 7) is 2.86. The topological polar surface area (TPSA) is 59.1 Å². The minimum Gasteiger partial charge on any atom is -0.497 e. The lowest BCUT2D eigenvalue weighted by Crippen LogP contribution is -2.08. The maximum Gasteiger partial charge on any atom is 0.225 e. The van der Waals surface area contributed by atoms with Crippen LogP contribution in [-0.4, -0.2) is 17.1 Å². The van der Waals surface area contributed by atoms with Crippen molar-refractivity contribution < 1.29 is 9.13 Å². The summed E-state index contributed by atoms with van der Waals surface area (Å²) in [6.07, 6.45) is 0. The Morgan fingerprint density at radius 3 is 2.46 bits per heavy atom. The number of methoxy groups -OCH3 is 1. The van der Waals surface area contributed by atoms with Crippen molar-refractivity contribution in [3.8, 4) is 5.75 Å². The van der Waals surface area contributed by atoms with Crippen LogP contribution in [0.5, 0.6) is 5.75 Å². The van der Waals surface area contributed by atoms with E-state index in [0.29, 0.717) is 30.4 Å². The van der Waals surface area contributed by atoms with Crippen LogP contribution < -0.4 is 15.4 Å². The number of anilines is 2. The van der Waals surface area contributed by atoms with Gasteiger partial charge in [-0.1, -0.05) is 30.3 Å². The fraction of sp³-hybridized carbons (Fsp3) is 0.200. The quantitative estimate of drug-likeness (QED) is 0.669. The second kappa shape index (κ2) is 8.29. The van der Waals surface area contributed by atoms with Gasteiger partial charge in [-0.25, -0.2) is 9.37 Å². The summed E-state index contributed by atoms with van der Waals surface area (Å²) < 4.78 is 18.9. The highest BCUT2D eigenvalue weighted by atomic mass is 19.1. The molecule has 26 heavy (non-hydrogen) atoms. The Labute approximate surface area is 152 Å². The summed E-state index contributed by atoms with van der Waals surface area (Å²) in [6, 6.07) is 16.3. The third-order valence-corrected chi connectivity index (χ3v) is 3.88. The summed E-state index contributed by atoms with van der Waals surface area (Å²) in [5.74, 6) is 1.76. The molecule has 0 bridgehead atoms. The van der Waals surface area contributed by atoms with Gasteiger partial charge in [-0.05, 0) is 30.7 Å². The number of rotatable bonds is 7. The highest BCUT2D eigenvalue weighted by Gasteiger charge is 2.05. The molecule has 0 fully saturated rings. The number of ether oxygens (including phenoxy) is 1. The zero-order valence-corrected chi connectivity index (χ0v) is 14.8. The molecule has 134 valence electrons. The first-order valence-electron chi connectivity index (χ1n) is 8.34. The SMILES string of the molecule is COc1ccc(CNc2nc(C)cc(NCc3ccccc3F)n2)cc1. The maximum absolute atomic E-state index is 13.7. The Hall–Kier alpha value is -3.15. The minimum atomic E-state index is -0.233. The van der Waals surface area contributed by atoms with E-state index in [0.717, 1.165) is 17.0 Å². The van der Waals surface area contributed by atoms with E-state index >= 15 is 0 Å². The number of halogens is 1. The molecule has 0 aliphatic rings. The molecule has 0 unspecified atom stereocenters. The van der Waals surface area contributed by atoms with Crippen LogP contribution in [0.2, 0.25) is 0 Å². The fourth-order valence-corrected chi connectivity index (χ4v) is 2.49. The largest absolute Gasteiger partial charge is 0.497 e. The van der Waals surface area contributed by atoms with E-state index in [-0.39, 0.29) is 5.82 Å². The Bertz CT molecular complexity index is 868. The predicted octanol–water partition coefficient (Wildman–Crippen LogP) is 4.16. The van der Waals surface area contributed by atoms with Crippen molar-refractivity contribution in [2.24, 2.45) is 0 Å². The lowest BCUT2D eigenvalue weighted by molar-refractivity contribution is 0.414. The minimum absolute atomic E-state index is 0.233. The Morgan fingerprint density at radius 1 is 0.962 bits per heavy atom. The number of nitrogens with one attached hydrogen (secondary N) is 2. The smallest absolute Gasteiger partial charge is 0.225 e. The molecule has 0 radical (unpaired) electrons. The van der Waals surface area contributed by atoms with Gasteiger partial charge in [0.05, 0.1) is 7.11 Å². The average molecular weight is 352 g/mol. The number of hydrogen-bond donors (Lipinski definition) is 2. The molecule has 3 aromatic rings. The van der Waals surface area contributed by atoms with Gasteiger partial charge in [0.2, 0.25) is 5.95 Å².